The van der Waals surface area contributed by atoms with Crippen LogP contribution in [0.3, 0.4) is 0 Å². The minimum absolute atomic E-state index is 0.0130. The molecule has 0 radical (unpaired) electrons. The molecule has 1 atom stereocenters. The van der Waals surface area contributed by atoms with Gasteiger partial charge >= 0.3 is 0 Å². The standard InChI is InChI=1S/C14H21ClN2O3S/c1-2-17(10-12-4-3-7-20-12)21(18,19)13-5-6-14(15)11(8-13)9-16/h5-6,8,12H,2-4,7,9-10,16H2,1H3. The Morgan fingerprint density at radius 2 is 2.24 bits per heavy atom. The summed E-state index contributed by atoms with van der Waals surface area (Å²) in [5.74, 6) is 0. The second-order valence-corrected chi connectivity index (χ2v) is 7.39. The van der Waals surface area contributed by atoms with E-state index in [1.54, 1.807) is 12.1 Å². The van der Waals surface area contributed by atoms with Crippen LogP contribution in [0.5, 0.6) is 0 Å². The lowest BCUT2D eigenvalue weighted by molar-refractivity contribution is 0.0947. The molecule has 1 heterocycles. The van der Waals surface area contributed by atoms with Crippen LogP contribution in [0.15, 0.2) is 23.1 Å². The lowest BCUT2D eigenvalue weighted by atomic mass is 10.2. The summed E-state index contributed by atoms with van der Waals surface area (Å²) in [5.41, 5.74) is 6.22. The molecule has 1 aromatic carbocycles. The number of nitrogens with zero attached hydrogens (tertiary/aromatic N) is 1. The summed E-state index contributed by atoms with van der Waals surface area (Å²) in [7, 11) is -3.55. The maximum absolute atomic E-state index is 12.7. The average molecular weight is 333 g/mol. The normalized spacial score (nSPS) is 19.3. The molecule has 1 aliphatic heterocycles. The third-order valence-corrected chi connectivity index (χ3v) is 5.96. The fourth-order valence-electron chi connectivity index (χ4n) is 2.43. The number of ether oxygens (including phenoxy) is 1. The number of nitrogens with two attached hydrogens (primary N) is 1. The topological polar surface area (TPSA) is 72.6 Å². The molecule has 2 rings (SSSR count). The summed E-state index contributed by atoms with van der Waals surface area (Å²) in [6.45, 7) is 3.54. The maximum atomic E-state index is 12.7. The van der Waals surface area contributed by atoms with Crippen molar-refractivity contribution in [2.75, 3.05) is 19.7 Å². The molecule has 0 bridgehead atoms. The Hall–Kier alpha value is -0.660. The van der Waals surface area contributed by atoms with Crippen molar-refractivity contribution in [1.82, 2.24) is 4.31 Å². The van der Waals surface area contributed by atoms with Crippen LogP contribution in [0.1, 0.15) is 25.3 Å². The quantitative estimate of drug-likeness (QED) is 0.864. The summed E-state index contributed by atoms with van der Waals surface area (Å²) >= 11 is 5.99. The van der Waals surface area contributed by atoms with E-state index in [1.807, 2.05) is 6.92 Å². The molecule has 0 saturated carbocycles. The SMILES string of the molecule is CCN(CC1CCCO1)S(=O)(=O)c1ccc(Cl)c(CN)c1. The van der Waals surface area contributed by atoms with Gasteiger partial charge in [0, 0.05) is 31.3 Å². The van der Waals surface area contributed by atoms with Gasteiger partial charge in [-0.25, -0.2) is 8.42 Å². The van der Waals surface area contributed by atoms with Gasteiger partial charge < -0.3 is 10.5 Å². The Kier molecular flexibility index (Phi) is 5.62. The van der Waals surface area contributed by atoms with Crippen LogP contribution in [0.2, 0.25) is 5.02 Å². The summed E-state index contributed by atoms with van der Waals surface area (Å²) in [6, 6.07) is 4.65. The highest BCUT2D eigenvalue weighted by Gasteiger charge is 2.28. The van der Waals surface area contributed by atoms with Crippen molar-refractivity contribution in [3.8, 4) is 0 Å². The van der Waals surface area contributed by atoms with Crippen LogP contribution in [-0.2, 0) is 21.3 Å². The molecule has 1 saturated heterocycles. The van der Waals surface area contributed by atoms with E-state index in [1.165, 1.54) is 10.4 Å². The number of likely N-dealkylation sites (N-methyl/N-ethyl adjacent to an activating group) is 1. The molecule has 1 fully saturated rings. The predicted molar refractivity (Wildman–Crippen MR) is 82.8 cm³/mol. The van der Waals surface area contributed by atoms with E-state index < -0.39 is 10.0 Å². The van der Waals surface area contributed by atoms with Crippen molar-refractivity contribution in [1.29, 1.82) is 0 Å². The number of rotatable bonds is 6. The van der Waals surface area contributed by atoms with E-state index in [9.17, 15) is 8.42 Å². The lowest BCUT2D eigenvalue weighted by Crippen LogP contribution is -2.37. The first-order valence-corrected chi connectivity index (χ1v) is 8.91. The monoisotopic (exact) mass is 332 g/mol. The van der Waals surface area contributed by atoms with Crippen LogP contribution >= 0.6 is 11.6 Å². The highest BCUT2D eigenvalue weighted by Crippen LogP contribution is 2.24. The maximum Gasteiger partial charge on any atom is 0.243 e. The van der Waals surface area contributed by atoms with E-state index in [2.05, 4.69) is 0 Å². The second kappa shape index (κ2) is 7.07. The zero-order valence-corrected chi connectivity index (χ0v) is 13.7. The van der Waals surface area contributed by atoms with Gasteiger partial charge in [0.2, 0.25) is 10.0 Å². The van der Waals surface area contributed by atoms with Crippen molar-refractivity contribution >= 4 is 21.6 Å². The van der Waals surface area contributed by atoms with E-state index in [-0.39, 0.29) is 17.5 Å². The van der Waals surface area contributed by atoms with Crippen LogP contribution in [0, 0.1) is 0 Å². The Labute approximate surface area is 131 Å². The van der Waals surface area contributed by atoms with Crippen molar-refractivity contribution in [3.05, 3.63) is 28.8 Å². The van der Waals surface area contributed by atoms with Crippen molar-refractivity contribution in [2.24, 2.45) is 5.73 Å². The van der Waals surface area contributed by atoms with Gasteiger partial charge in [-0.2, -0.15) is 4.31 Å². The zero-order valence-electron chi connectivity index (χ0n) is 12.1. The number of benzene rings is 1. The summed E-state index contributed by atoms with van der Waals surface area (Å²) in [5, 5.41) is 0.485. The first-order chi connectivity index (χ1) is 9.98. The average Bonchev–Trinajstić information content (AvgIpc) is 2.97. The van der Waals surface area contributed by atoms with Crippen LogP contribution in [-0.4, -0.2) is 38.5 Å². The van der Waals surface area contributed by atoms with E-state index in [4.69, 9.17) is 22.1 Å². The molecule has 7 heteroatoms. The smallest absolute Gasteiger partial charge is 0.243 e. The van der Waals surface area contributed by atoms with E-state index in [0.29, 0.717) is 30.3 Å². The summed E-state index contributed by atoms with van der Waals surface area (Å²) in [6.07, 6.45) is 1.88. The third kappa shape index (κ3) is 3.76. The Morgan fingerprint density at radius 3 is 2.81 bits per heavy atom. The van der Waals surface area contributed by atoms with Gasteiger partial charge in [-0.15, -0.1) is 0 Å². The Balaban J connectivity index is 2.25. The van der Waals surface area contributed by atoms with E-state index >= 15 is 0 Å². The van der Waals surface area contributed by atoms with Gasteiger partial charge in [0.25, 0.3) is 0 Å². The van der Waals surface area contributed by atoms with Crippen LogP contribution in [0.4, 0.5) is 0 Å². The molecule has 1 aromatic rings. The van der Waals surface area contributed by atoms with Crippen LogP contribution < -0.4 is 5.73 Å². The number of hydrogen-bond donors (Lipinski definition) is 1. The van der Waals surface area contributed by atoms with Crippen LogP contribution in [0.25, 0.3) is 0 Å². The second-order valence-electron chi connectivity index (χ2n) is 5.05. The molecular formula is C14H21ClN2O3S. The van der Waals surface area contributed by atoms with Gasteiger partial charge in [-0.3, -0.25) is 0 Å². The van der Waals surface area contributed by atoms with Crippen molar-refractivity contribution in [2.45, 2.75) is 37.3 Å². The van der Waals surface area contributed by atoms with Gasteiger partial charge in [0.15, 0.2) is 0 Å². The molecule has 0 spiro atoms. The molecule has 5 nitrogen and oxygen atoms in total. The molecule has 118 valence electrons. The van der Waals surface area contributed by atoms with Gasteiger partial charge in [0.1, 0.15) is 0 Å². The molecule has 0 aromatic heterocycles. The van der Waals surface area contributed by atoms with Gasteiger partial charge in [0.05, 0.1) is 11.0 Å². The molecule has 1 unspecified atom stereocenters. The third-order valence-electron chi connectivity index (χ3n) is 3.66. The molecule has 2 N–H and O–H groups in total. The molecule has 0 amide bonds. The highest BCUT2D eigenvalue weighted by molar-refractivity contribution is 7.89. The Morgan fingerprint density at radius 1 is 1.48 bits per heavy atom. The van der Waals surface area contributed by atoms with Crippen molar-refractivity contribution in [3.63, 3.8) is 0 Å². The lowest BCUT2D eigenvalue weighted by Gasteiger charge is -2.23. The minimum Gasteiger partial charge on any atom is -0.377 e. The first-order valence-electron chi connectivity index (χ1n) is 7.09. The fraction of sp³-hybridized carbons (Fsp3) is 0.571. The molecule has 1 aliphatic rings. The highest BCUT2D eigenvalue weighted by atomic mass is 35.5. The first kappa shape index (κ1) is 16.7. The molecular weight excluding hydrogens is 312 g/mol. The Bertz CT molecular complexity index is 586. The predicted octanol–water partition coefficient (Wildman–Crippen LogP) is 1.99. The van der Waals surface area contributed by atoms with E-state index in [0.717, 1.165) is 12.8 Å². The molecule has 21 heavy (non-hydrogen) atoms. The minimum atomic E-state index is -3.55. The number of halogens is 1. The molecule has 0 aliphatic carbocycles. The number of hydrogen-bond acceptors (Lipinski definition) is 4. The zero-order chi connectivity index (χ0) is 15.5. The van der Waals surface area contributed by atoms with Gasteiger partial charge in [-0.1, -0.05) is 18.5 Å². The van der Waals surface area contributed by atoms with Crippen molar-refractivity contribution < 1.29 is 13.2 Å². The number of sulfonamides is 1. The summed E-state index contributed by atoms with van der Waals surface area (Å²) in [4.78, 5) is 0.229. The fourth-order valence-corrected chi connectivity index (χ4v) is 4.16. The van der Waals surface area contributed by atoms with Gasteiger partial charge in [-0.05, 0) is 36.6 Å². The summed E-state index contributed by atoms with van der Waals surface area (Å²) < 4.78 is 32.4. The largest absolute Gasteiger partial charge is 0.377 e.